The largest absolute Gasteiger partial charge is 0.491 e. The van der Waals surface area contributed by atoms with Crippen LogP contribution >= 0.6 is 0 Å². The van der Waals surface area contributed by atoms with Gasteiger partial charge in [0.05, 0.1) is 6.10 Å². The average Bonchev–Trinajstić information content (AvgIpc) is 2.63. The molecule has 2 heteroatoms. The van der Waals surface area contributed by atoms with Crippen LogP contribution in [0, 0.1) is 0 Å². The van der Waals surface area contributed by atoms with Gasteiger partial charge in [-0.3, -0.25) is 0 Å². The van der Waals surface area contributed by atoms with Crippen molar-refractivity contribution in [3.8, 4) is 5.75 Å². The zero-order valence-electron chi connectivity index (χ0n) is 15.3. The van der Waals surface area contributed by atoms with Crippen molar-refractivity contribution in [2.24, 2.45) is 0 Å². The van der Waals surface area contributed by atoms with Crippen molar-refractivity contribution in [2.75, 3.05) is 6.54 Å². The van der Waals surface area contributed by atoms with Crippen molar-refractivity contribution < 1.29 is 4.74 Å². The highest BCUT2D eigenvalue weighted by Crippen LogP contribution is 2.21. The van der Waals surface area contributed by atoms with E-state index < -0.39 is 0 Å². The van der Waals surface area contributed by atoms with E-state index in [0.717, 1.165) is 38.0 Å². The average molecular weight is 325 g/mol. The first kappa shape index (κ1) is 18.5. The van der Waals surface area contributed by atoms with Crippen molar-refractivity contribution in [1.82, 2.24) is 5.32 Å². The molecule has 2 unspecified atom stereocenters. The number of hydrogen-bond donors (Lipinski definition) is 1. The van der Waals surface area contributed by atoms with Gasteiger partial charge in [-0.2, -0.15) is 0 Å². The van der Waals surface area contributed by atoms with E-state index in [4.69, 9.17) is 4.74 Å². The standard InChI is InChI=1S/C22H31NO/c1-4-18(3)24-21-15-13-20(14-16-21)22(5-2)23-17-9-12-19-10-7-6-8-11-19/h6-8,10-11,13-16,18,22-23H,4-5,9,12,17H2,1-3H3. The fourth-order valence-electron chi connectivity index (χ4n) is 2.81. The summed E-state index contributed by atoms with van der Waals surface area (Å²) in [5.74, 6) is 0.965. The molecule has 0 heterocycles. The van der Waals surface area contributed by atoms with E-state index in [0.29, 0.717) is 6.04 Å². The molecule has 0 aliphatic rings. The van der Waals surface area contributed by atoms with Gasteiger partial charge < -0.3 is 10.1 Å². The van der Waals surface area contributed by atoms with Crippen molar-refractivity contribution in [3.63, 3.8) is 0 Å². The first-order valence-corrected chi connectivity index (χ1v) is 9.26. The number of hydrogen-bond acceptors (Lipinski definition) is 2. The third-order valence-electron chi connectivity index (χ3n) is 4.48. The molecule has 0 spiro atoms. The molecule has 2 aromatic carbocycles. The van der Waals surface area contributed by atoms with Crippen LogP contribution in [0.25, 0.3) is 0 Å². The van der Waals surface area contributed by atoms with Crippen LogP contribution in [-0.2, 0) is 6.42 Å². The number of nitrogens with one attached hydrogen (secondary N) is 1. The monoisotopic (exact) mass is 325 g/mol. The molecule has 24 heavy (non-hydrogen) atoms. The maximum Gasteiger partial charge on any atom is 0.119 e. The Kier molecular flexibility index (Phi) is 7.84. The fourth-order valence-corrected chi connectivity index (χ4v) is 2.81. The quantitative estimate of drug-likeness (QED) is 0.579. The van der Waals surface area contributed by atoms with Crippen LogP contribution < -0.4 is 10.1 Å². The molecule has 1 N–H and O–H groups in total. The van der Waals surface area contributed by atoms with Crippen LogP contribution in [0.5, 0.6) is 5.75 Å². The second-order valence-corrected chi connectivity index (χ2v) is 6.41. The molecule has 0 aliphatic carbocycles. The molecule has 2 rings (SSSR count). The highest BCUT2D eigenvalue weighted by atomic mass is 16.5. The zero-order valence-corrected chi connectivity index (χ0v) is 15.3. The smallest absolute Gasteiger partial charge is 0.119 e. The highest BCUT2D eigenvalue weighted by molar-refractivity contribution is 5.29. The van der Waals surface area contributed by atoms with Gasteiger partial charge in [-0.05, 0) is 62.4 Å². The van der Waals surface area contributed by atoms with Gasteiger partial charge in [0.15, 0.2) is 0 Å². The van der Waals surface area contributed by atoms with Crippen LogP contribution in [-0.4, -0.2) is 12.6 Å². The Morgan fingerprint density at radius 1 is 0.917 bits per heavy atom. The summed E-state index contributed by atoms with van der Waals surface area (Å²) in [6.45, 7) is 7.53. The van der Waals surface area contributed by atoms with Crippen LogP contribution in [0.3, 0.4) is 0 Å². The molecule has 0 radical (unpaired) electrons. The topological polar surface area (TPSA) is 21.3 Å². The molecule has 0 fully saturated rings. The normalized spacial score (nSPS) is 13.5. The summed E-state index contributed by atoms with van der Waals surface area (Å²) in [7, 11) is 0. The van der Waals surface area contributed by atoms with Crippen molar-refractivity contribution in [3.05, 3.63) is 65.7 Å². The summed E-state index contributed by atoms with van der Waals surface area (Å²) in [6.07, 6.45) is 4.69. The maximum absolute atomic E-state index is 5.86. The molecular formula is C22H31NO. The van der Waals surface area contributed by atoms with Crippen LogP contribution in [0.1, 0.15) is 57.2 Å². The van der Waals surface area contributed by atoms with Crippen LogP contribution in [0.15, 0.2) is 54.6 Å². The fraction of sp³-hybridized carbons (Fsp3) is 0.455. The van der Waals surface area contributed by atoms with Gasteiger partial charge in [0.2, 0.25) is 0 Å². The van der Waals surface area contributed by atoms with E-state index in [1.54, 1.807) is 0 Å². The molecule has 130 valence electrons. The molecule has 2 aromatic rings. The highest BCUT2D eigenvalue weighted by Gasteiger charge is 2.09. The van der Waals surface area contributed by atoms with Gasteiger partial charge in [-0.25, -0.2) is 0 Å². The van der Waals surface area contributed by atoms with Gasteiger partial charge in [0.25, 0.3) is 0 Å². The Hall–Kier alpha value is -1.80. The van der Waals surface area contributed by atoms with Crippen molar-refractivity contribution in [2.45, 2.75) is 58.6 Å². The Morgan fingerprint density at radius 3 is 2.25 bits per heavy atom. The Balaban J connectivity index is 1.80. The molecule has 0 saturated heterocycles. The van der Waals surface area contributed by atoms with E-state index in [9.17, 15) is 0 Å². The minimum Gasteiger partial charge on any atom is -0.491 e. The lowest BCUT2D eigenvalue weighted by atomic mass is 10.0. The third kappa shape index (κ3) is 6.01. The van der Waals surface area contributed by atoms with E-state index in [-0.39, 0.29) is 6.10 Å². The minimum atomic E-state index is 0.272. The molecule has 0 aromatic heterocycles. The second kappa shape index (κ2) is 10.1. The first-order valence-electron chi connectivity index (χ1n) is 9.26. The molecular weight excluding hydrogens is 294 g/mol. The van der Waals surface area contributed by atoms with E-state index >= 15 is 0 Å². The molecule has 2 nitrogen and oxygen atoms in total. The van der Waals surface area contributed by atoms with Crippen molar-refractivity contribution in [1.29, 1.82) is 0 Å². The Labute approximate surface area is 147 Å². The van der Waals surface area contributed by atoms with Crippen molar-refractivity contribution >= 4 is 0 Å². The van der Waals surface area contributed by atoms with E-state index in [2.05, 4.69) is 80.7 Å². The van der Waals surface area contributed by atoms with E-state index in [1.165, 1.54) is 11.1 Å². The Bertz CT molecular complexity index is 564. The van der Waals surface area contributed by atoms with Crippen LogP contribution in [0.4, 0.5) is 0 Å². The maximum atomic E-state index is 5.86. The number of rotatable bonds is 10. The minimum absolute atomic E-state index is 0.272. The van der Waals surface area contributed by atoms with Gasteiger partial charge in [0.1, 0.15) is 5.75 Å². The third-order valence-corrected chi connectivity index (χ3v) is 4.48. The molecule has 2 atom stereocenters. The lowest BCUT2D eigenvalue weighted by Crippen LogP contribution is -2.22. The molecule has 0 aliphatic heterocycles. The molecule has 0 bridgehead atoms. The Morgan fingerprint density at radius 2 is 1.62 bits per heavy atom. The summed E-state index contributed by atoms with van der Waals surface area (Å²) < 4.78 is 5.86. The van der Waals surface area contributed by atoms with Gasteiger partial charge >= 0.3 is 0 Å². The van der Waals surface area contributed by atoms with E-state index in [1.807, 2.05) is 0 Å². The summed E-state index contributed by atoms with van der Waals surface area (Å²) >= 11 is 0. The van der Waals surface area contributed by atoms with Gasteiger partial charge in [0, 0.05) is 6.04 Å². The van der Waals surface area contributed by atoms with Gasteiger partial charge in [-0.1, -0.05) is 56.3 Å². The molecule has 0 amide bonds. The summed E-state index contributed by atoms with van der Waals surface area (Å²) in [5, 5.41) is 3.69. The predicted molar refractivity (Wildman–Crippen MR) is 103 cm³/mol. The first-order chi connectivity index (χ1) is 11.7. The number of benzene rings is 2. The second-order valence-electron chi connectivity index (χ2n) is 6.41. The lowest BCUT2D eigenvalue weighted by molar-refractivity contribution is 0.217. The summed E-state index contributed by atoms with van der Waals surface area (Å²) in [4.78, 5) is 0. The summed E-state index contributed by atoms with van der Waals surface area (Å²) in [6, 6.07) is 19.7. The number of ether oxygens (including phenoxy) is 1. The lowest BCUT2D eigenvalue weighted by Gasteiger charge is -2.19. The van der Waals surface area contributed by atoms with Gasteiger partial charge in [-0.15, -0.1) is 0 Å². The number of aryl methyl sites for hydroxylation is 1. The SMILES string of the molecule is CCC(C)Oc1ccc(C(CC)NCCCc2ccccc2)cc1. The predicted octanol–water partition coefficient (Wildman–Crippen LogP) is 5.54. The molecule has 0 saturated carbocycles. The zero-order chi connectivity index (χ0) is 17.2. The summed E-state index contributed by atoms with van der Waals surface area (Å²) in [5.41, 5.74) is 2.76. The van der Waals surface area contributed by atoms with Crippen LogP contribution in [0.2, 0.25) is 0 Å².